The molecule has 0 radical (unpaired) electrons. The Labute approximate surface area is 128 Å². The smallest absolute Gasteiger partial charge is 0.326 e. The highest BCUT2D eigenvalue weighted by Gasteiger charge is 2.33. The second-order valence-electron chi connectivity index (χ2n) is 5.37. The Morgan fingerprint density at radius 1 is 1.48 bits per heavy atom. The molecule has 5 nitrogen and oxygen atoms in total. The highest BCUT2D eigenvalue weighted by molar-refractivity contribution is 6.34. The lowest BCUT2D eigenvalue weighted by Crippen LogP contribution is -2.47. The van der Waals surface area contributed by atoms with Gasteiger partial charge < -0.3 is 15.7 Å². The summed E-state index contributed by atoms with van der Waals surface area (Å²) in [4.78, 5) is 24.5. The number of carboxylic acid groups (broad SMARTS) is 1. The number of amides is 1. The number of nitrogens with two attached hydrogens (primary N) is 1. The van der Waals surface area contributed by atoms with Gasteiger partial charge in [0, 0.05) is 12.2 Å². The molecule has 1 aromatic rings. The fraction of sp³-hybridized carbons (Fsp3) is 0.467. The van der Waals surface area contributed by atoms with Crippen LogP contribution in [0.4, 0.5) is 5.69 Å². The molecule has 114 valence electrons. The van der Waals surface area contributed by atoms with Crippen LogP contribution in [0.3, 0.4) is 0 Å². The minimum atomic E-state index is -0.830. The van der Waals surface area contributed by atoms with E-state index in [1.54, 1.807) is 18.2 Å². The van der Waals surface area contributed by atoms with Crippen molar-refractivity contribution < 1.29 is 14.7 Å². The standard InChI is InChI=1S/C15H19ClN2O3/c1-2-9-5-6-18(13(7-9)15(20)21)10-3-4-11(14(17)19)12(16)8-10/h3-4,8-9,13H,2,5-7H2,1H3,(H2,17,19)(H,20,21). The van der Waals surface area contributed by atoms with Crippen LogP contribution in [0.15, 0.2) is 18.2 Å². The van der Waals surface area contributed by atoms with Crippen LogP contribution < -0.4 is 10.6 Å². The predicted molar refractivity (Wildman–Crippen MR) is 81.8 cm³/mol. The number of hydrogen-bond donors (Lipinski definition) is 2. The number of carboxylic acids is 1. The Morgan fingerprint density at radius 3 is 2.71 bits per heavy atom. The first-order valence-corrected chi connectivity index (χ1v) is 7.40. The van der Waals surface area contributed by atoms with Gasteiger partial charge in [0.05, 0.1) is 10.6 Å². The van der Waals surface area contributed by atoms with Crippen LogP contribution in [0.2, 0.25) is 5.02 Å². The fourth-order valence-electron chi connectivity index (χ4n) is 2.83. The van der Waals surface area contributed by atoms with Crippen molar-refractivity contribution in [2.45, 2.75) is 32.2 Å². The quantitative estimate of drug-likeness (QED) is 0.895. The van der Waals surface area contributed by atoms with Gasteiger partial charge in [-0.05, 0) is 37.0 Å². The molecule has 0 spiro atoms. The van der Waals surface area contributed by atoms with Crippen LogP contribution in [0.5, 0.6) is 0 Å². The van der Waals surface area contributed by atoms with Gasteiger partial charge in [0.2, 0.25) is 5.91 Å². The van der Waals surface area contributed by atoms with Crippen molar-refractivity contribution in [1.82, 2.24) is 0 Å². The van der Waals surface area contributed by atoms with Gasteiger partial charge in [-0.3, -0.25) is 4.79 Å². The van der Waals surface area contributed by atoms with Crippen LogP contribution in [-0.4, -0.2) is 29.6 Å². The molecule has 1 fully saturated rings. The van der Waals surface area contributed by atoms with E-state index in [0.29, 0.717) is 24.6 Å². The molecular formula is C15H19ClN2O3. The van der Waals surface area contributed by atoms with Gasteiger partial charge in [0.1, 0.15) is 6.04 Å². The molecule has 0 bridgehead atoms. The molecule has 1 amide bonds. The number of piperidine rings is 1. The molecule has 0 aliphatic carbocycles. The van der Waals surface area contributed by atoms with Gasteiger partial charge in [0.25, 0.3) is 0 Å². The van der Waals surface area contributed by atoms with Crippen molar-refractivity contribution in [3.63, 3.8) is 0 Å². The third kappa shape index (κ3) is 3.29. The maximum atomic E-state index is 11.5. The number of nitrogens with zero attached hydrogens (tertiary/aromatic N) is 1. The van der Waals surface area contributed by atoms with E-state index in [1.165, 1.54) is 0 Å². The number of benzene rings is 1. The summed E-state index contributed by atoms with van der Waals surface area (Å²) in [5.41, 5.74) is 6.18. The summed E-state index contributed by atoms with van der Waals surface area (Å²) in [6.45, 7) is 2.75. The first-order valence-electron chi connectivity index (χ1n) is 7.02. The van der Waals surface area contributed by atoms with Crippen molar-refractivity contribution in [3.8, 4) is 0 Å². The number of carbonyl (C=O) groups excluding carboxylic acids is 1. The van der Waals surface area contributed by atoms with Crippen molar-refractivity contribution in [2.24, 2.45) is 11.7 Å². The van der Waals surface area contributed by atoms with Gasteiger partial charge in [0.15, 0.2) is 0 Å². The number of anilines is 1. The Balaban J connectivity index is 2.29. The largest absolute Gasteiger partial charge is 0.480 e. The Hall–Kier alpha value is -1.75. The lowest BCUT2D eigenvalue weighted by molar-refractivity contribution is -0.139. The lowest BCUT2D eigenvalue weighted by atomic mass is 9.88. The molecule has 2 unspecified atom stereocenters. The van der Waals surface area contributed by atoms with E-state index in [-0.39, 0.29) is 10.6 Å². The molecule has 3 N–H and O–H groups in total. The van der Waals surface area contributed by atoms with E-state index in [1.807, 2.05) is 4.90 Å². The third-order valence-electron chi connectivity index (χ3n) is 4.12. The molecule has 6 heteroatoms. The van der Waals surface area contributed by atoms with E-state index in [4.69, 9.17) is 17.3 Å². The number of hydrogen-bond acceptors (Lipinski definition) is 3. The monoisotopic (exact) mass is 310 g/mol. The minimum absolute atomic E-state index is 0.246. The van der Waals surface area contributed by atoms with Gasteiger partial charge in [-0.1, -0.05) is 24.9 Å². The van der Waals surface area contributed by atoms with E-state index in [2.05, 4.69) is 6.92 Å². The van der Waals surface area contributed by atoms with E-state index in [9.17, 15) is 14.7 Å². The van der Waals surface area contributed by atoms with Crippen LogP contribution in [0.25, 0.3) is 0 Å². The normalized spacial score (nSPS) is 22.1. The highest BCUT2D eigenvalue weighted by Crippen LogP contribution is 2.32. The Morgan fingerprint density at radius 2 is 2.19 bits per heavy atom. The highest BCUT2D eigenvalue weighted by atomic mass is 35.5. The molecule has 1 aliphatic rings. The van der Waals surface area contributed by atoms with Crippen LogP contribution in [0, 0.1) is 5.92 Å². The van der Waals surface area contributed by atoms with Gasteiger partial charge >= 0.3 is 5.97 Å². The molecule has 21 heavy (non-hydrogen) atoms. The summed E-state index contributed by atoms with van der Waals surface area (Å²) in [5, 5.41) is 9.70. The van der Waals surface area contributed by atoms with E-state index < -0.39 is 17.9 Å². The molecule has 1 aromatic carbocycles. The molecule has 0 saturated carbocycles. The first kappa shape index (κ1) is 15.6. The zero-order valence-electron chi connectivity index (χ0n) is 11.9. The third-order valence-corrected chi connectivity index (χ3v) is 4.44. The lowest BCUT2D eigenvalue weighted by Gasteiger charge is -2.38. The molecule has 1 aliphatic heterocycles. The maximum absolute atomic E-state index is 11.5. The number of aliphatic carboxylic acids is 1. The topological polar surface area (TPSA) is 83.6 Å². The molecule has 2 atom stereocenters. The number of halogens is 1. The van der Waals surface area contributed by atoms with Crippen LogP contribution in [-0.2, 0) is 4.79 Å². The summed E-state index contributed by atoms with van der Waals surface area (Å²) < 4.78 is 0. The SMILES string of the molecule is CCC1CCN(c2ccc(C(N)=O)c(Cl)c2)C(C(=O)O)C1. The zero-order valence-corrected chi connectivity index (χ0v) is 12.6. The minimum Gasteiger partial charge on any atom is -0.480 e. The van der Waals surface area contributed by atoms with E-state index >= 15 is 0 Å². The molecular weight excluding hydrogens is 292 g/mol. The summed E-state index contributed by atoms with van der Waals surface area (Å²) in [6.07, 6.45) is 2.56. The maximum Gasteiger partial charge on any atom is 0.326 e. The van der Waals surface area contributed by atoms with Crippen LogP contribution >= 0.6 is 11.6 Å². The second kappa shape index (κ2) is 6.35. The Kier molecular flexibility index (Phi) is 4.73. The second-order valence-corrected chi connectivity index (χ2v) is 5.78. The molecule has 2 rings (SSSR count). The van der Waals surface area contributed by atoms with E-state index in [0.717, 1.165) is 12.8 Å². The van der Waals surface area contributed by atoms with Crippen molar-refractivity contribution in [2.75, 3.05) is 11.4 Å². The summed E-state index contributed by atoms with van der Waals surface area (Å²) >= 11 is 6.05. The number of carbonyl (C=O) groups is 2. The molecule has 1 saturated heterocycles. The molecule has 1 heterocycles. The number of rotatable bonds is 4. The average molecular weight is 311 g/mol. The predicted octanol–water partition coefficient (Wildman–Crippen LogP) is 2.52. The van der Waals surface area contributed by atoms with Gasteiger partial charge in [-0.2, -0.15) is 0 Å². The van der Waals surface area contributed by atoms with Gasteiger partial charge in [-0.25, -0.2) is 4.79 Å². The number of primary amides is 1. The van der Waals surface area contributed by atoms with Crippen molar-refractivity contribution in [1.29, 1.82) is 0 Å². The van der Waals surface area contributed by atoms with Gasteiger partial charge in [-0.15, -0.1) is 0 Å². The fourth-order valence-corrected chi connectivity index (χ4v) is 3.10. The van der Waals surface area contributed by atoms with Crippen LogP contribution in [0.1, 0.15) is 36.5 Å². The molecule has 0 aromatic heterocycles. The zero-order chi connectivity index (χ0) is 15.6. The summed E-state index contributed by atoms with van der Waals surface area (Å²) in [5.74, 6) is -0.989. The summed E-state index contributed by atoms with van der Waals surface area (Å²) in [6, 6.07) is 4.31. The average Bonchev–Trinajstić information content (AvgIpc) is 2.46. The first-order chi connectivity index (χ1) is 9.93. The van der Waals surface area contributed by atoms with Crippen molar-refractivity contribution in [3.05, 3.63) is 28.8 Å². The van der Waals surface area contributed by atoms with Crippen molar-refractivity contribution >= 4 is 29.2 Å². The summed E-state index contributed by atoms with van der Waals surface area (Å²) in [7, 11) is 0. The Bertz CT molecular complexity index is 562.